The van der Waals surface area contributed by atoms with Crippen LogP contribution in [0.5, 0.6) is 0 Å². The highest BCUT2D eigenvalue weighted by atomic mass is 16.5. The van der Waals surface area contributed by atoms with Crippen LogP contribution in [0.15, 0.2) is 24.3 Å². The van der Waals surface area contributed by atoms with E-state index in [1.807, 2.05) is 0 Å². The van der Waals surface area contributed by atoms with E-state index in [1.54, 1.807) is 0 Å². The van der Waals surface area contributed by atoms with Gasteiger partial charge >= 0.3 is 0 Å². The second kappa shape index (κ2) is 6.91. The molecule has 0 spiro atoms. The van der Waals surface area contributed by atoms with Gasteiger partial charge in [-0.2, -0.15) is 0 Å². The normalized spacial score (nSPS) is 25.5. The number of nitrogens with zero attached hydrogens (tertiary/aromatic N) is 1. The van der Waals surface area contributed by atoms with E-state index in [0.29, 0.717) is 0 Å². The van der Waals surface area contributed by atoms with Crippen molar-refractivity contribution in [3.8, 4) is 0 Å². The van der Waals surface area contributed by atoms with Gasteiger partial charge in [-0.25, -0.2) is 0 Å². The molecular weight excluding hydrogens is 260 g/mol. The lowest BCUT2D eigenvalue weighted by molar-refractivity contribution is -0.0408. The Bertz CT molecular complexity index is 456. The molecule has 1 aliphatic heterocycles. The van der Waals surface area contributed by atoms with Crippen molar-refractivity contribution in [1.82, 2.24) is 4.90 Å². The molecule has 3 nitrogen and oxygen atoms in total. The van der Waals surface area contributed by atoms with Gasteiger partial charge in [0.25, 0.3) is 0 Å². The SMILES string of the molecule is CCCN1CCOC(C(N)c2cccc(C3CCC3)c2)C1. The molecule has 1 aromatic carbocycles. The highest BCUT2D eigenvalue weighted by molar-refractivity contribution is 5.30. The lowest BCUT2D eigenvalue weighted by Gasteiger charge is -2.36. The monoisotopic (exact) mass is 288 g/mol. The minimum atomic E-state index is -0.00955. The standard InChI is InChI=1S/C18H28N2O/c1-2-9-20-10-11-21-17(13-20)18(19)16-8-4-7-15(12-16)14-5-3-6-14/h4,7-8,12,14,17-18H,2-3,5-6,9-11,13,19H2,1H3. The van der Waals surface area contributed by atoms with Gasteiger partial charge in [0.15, 0.2) is 0 Å². The van der Waals surface area contributed by atoms with Gasteiger partial charge in [-0.3, -0.25) is 4.90 Å². The fraction of sp³-hybridized carbons (Fsp3) is 0.667. The van der Waals surface area contributed by atoms with Crippen LogP contribution in [0.3, 0.4) is 0 Å². The van der Waals surface area contributed by atoms with Gasteiger partial charge in [0.2, 0.25) is 0 Å². The Morgan fingerprint density at radius 1 is 1.38 bits per heavy atom. The molecule has 1 saturated carbocycles. The summed E-state index contributed by atoms with van der Waals surface area (Å²) in [7, 11) is 0. The van der Waals surface area contributed by atoms with Crippen LogP contribution in [-0.2, 0) is 4.74 Å². The summed E-state index contributed by atoms with van der Waals surface area (Å²) in [5.41, 5.74) is 9.21. The van der Waals surface area contributed by atoms with Gasteiger partial charge in [-0.1, -0.05) is 37.6 Å². The van der Waals surface area contributed by atoms with E-state index < -0.39 is 0 Å². The average Bonchev–Trinajstić information content (AvgIpc) is 2.46. The molecule has 21 heavy (non-hydrogen) atoms. The lowest BCUT2D eigenvalue weighted by atomic mass is 9.79. The molecule has 2 fully saturated rings. The summed E-state index contributed by atoms with van der Waals surface area (Å²) in [6.07, 6.45) is 5.37. The second-order valence-electron chi connectivity index (χ2n) is 6.53. The van der Waals surface area contributed by atoms with Crippen molar-refractivity contribution in [2.75, 3.05) is 26.2 Å². The first-order valence-electron chi connectivity index (χ1n) is 8.47. The highest BCUT2D eigenvalue weighted by Crippen LogP contribution is 2.37. The van der Waals surface area contributed by atoms with Crippen molar-refractivity contribution in [3.05, 3.63) is 35.4 Å². The van der Waals surface area contributed by atoms with Crippen molar-refractivity contribution in [2.45, 2.75) is 50.7 Å². The van der Waals surface area contributed by atoms with E-state index in [2.05, 4.69) is 36.1 Å². The van der Waals surface area contributed by atoms with Gasteiger partial charge < -0.3 is 10.5 Å². The minimum Gasteiger partial charge on any atom is -0.374 e. The Morgan fingerprint density at radius 2 is 2.24 bits per heavy atom. The maximum atomic E-state index is 6.50. The number of rotatable bonds is 5. The molecule has 1 aliphatic carbocycles. The molecule has 1 saturated heterocycles. The number of ether oxygens (including phenoxy) is 1. The first-order chi connectivity index (χ1) is 10.3. The van der Waals surface area contributed by atoms with E-state index in [4.69, 9.17) is 10.5 Å². The summed E-state index contributed by atoms with van der Waals surface area (Å²) in [6, 6.07) is 8.89. The van der Waals surface area contributed by atoms with E-state index in [1.165, 1.54) is 36.8 Å². The molecule has 2 N–H and O–H groups in total. The maximum Gasteiger partial charge on any atom is 0.0894 e. The molecule has 0 amide bonds. The van der Waals surface area contributed by atoms with Crippen LogP contribution >= 0.6 is 0 Å². The van der Waals surface area contributed by atoms with E-state index >= 15 is 0 Å². The quantitative estimate of drug-likeness (QED) is 0.905. The minimum absolute atomic E-state index is 0.00955. The molecule has 2 aliphatic rings. The van der Waals surface area contributed by atoms with Crippen LogP contribution in [0.25, 0.3) is 0 Å². The predicted molar refractivity (Wildman–Crippen MR) is 86.4 cm³/mol. The molecule has 0 bridgehead atoms. The van der Waals surface area contributed by atoms with Gasteiger partial charge in [0, 0.05) is 13.1 Å². The molecule has 0 aromatic heterocycles. The van der Waals surface area contributed by atoms with Crippen molar-refractivity contribution in [1.29, 1.82) is 0 Å². The summed E-state index contributed by atoms with van der Waals surface area (Å²) in [5.74, 6) is 0.765. The summed E-state index contributed by atoms with van der Waals surface area (Å²) < 4.78 is 5.94. The van der Waals surface area contributed by atoms with Gasteiger partial charge in [-0.05, 0) is 42.9 Å². The van der Waals surface area contributed by atoms with E-state index in [9.17, 15) is 0 Å². The Morgan fingerprint density at radius 3 is 2.95 bits per heavy atom. The van der Waals surface area contributed by atoms with Crippen molar-refractivity contribution in [2.24, 2.45) is 5.73 Å². The zero-order chi connectivity index (χ0) is 14.7. The zero-order valence-electron chi connectivity index (χ0n) is 13.1. The molecule has 1 aromatic rings. The number of hydrogen-bond donors (Lipinski definition) is 1. The molecule has 1 heterocycles. The molecular formula is C18H28N2O. The fourth-order valence-corrected chi connectivity index (χ4v) is 3.44. The smallest absolute Gasteiger partial charge is 0.0894 e. The van der Waals surface area contributed by atoms with Crippen LogP contribution < -0.4 is 5.73 Å². The van der Waals surface area contributed by atoms with Crippen molar-refractivity contribution < 1.29 is 4.74 Å². The fourth-order valence-electron chi connectivity index (χ4n) is 3.44. The van der Waals surface area contributed by atoms with Crippen LogP contribution in [0.1, 0.15) is 55.7 Å². The number of benzene rings is 1. The number of morpholine rings is 1. The third kappa shape index (κ3) is 3.47. The van der Waals surface area contributed by atoms with Crippen LogP contribution in [0.4, 0.5) is 0 Å². The Kier molecular flexibility index (Phi) is 4.94. The van der Waals surface area contributed by atoms with E-state index in [0.717, 1.165) is 32.2 Å². The molecule has 3 rings (SSSR count). The lowest BCUT2D eigenvalue weighted by Crippen LogP contribution is -2.47. The maximum absolute atomic E-state index is 6.50. The predicted octanol–water partition coefficient (Wildman–Crippen LogP) is 3.06. The van der Waals surface area contributed by atoms with Gasteiger partial charge in [0.05, 0.1) is 18.8 Å². The third-order valence-electron chi connectivity index (χ3n) is 4.99. The van der Waals surface area contributed by atoms with Crippen molar-refractivity contribution >= 4 is 0 Å². The van der Waals surface area contributed by atoms with Crippen LogP contribution in [0.2, 0.25) is 0 Å². The topological polar surface area (TPSA) is 38.5 Å². The Hall–Kier alpha value is -0.900. The van der Waals surface area contributed by atoms with Crippen LogP contribution in [0, 0.1) is 0 Å². The average molecular weight is 288 g/mol. The summed E-state index contributed by atoms with van der Waals surface area (Å²) in [5, 5.41) is 0. The van der Waals surface area contributed by atoms with Gasteiger partial charge in [-0.15, -0.1) is 0 Å². The Labute approximate surface area is 128 Å². The first-order valence-corrected chi connectivity index (χ1v) is 8.47. The summed E-state index contributed by atoms with van der Waals surface area (Å²) >= 11 is 0. The second-order valence-corrected chi connectivity index (χ2v) is 6.53. The molecule has 2 atom stereocenters. The molecule has 3 heteroatoms. The third-order valence-corrected chi connectivity index (χ3v) is 4.99. The highest BCUT2D eigenvalue weighted by Gasteiger charge is 2.27. The summed E-state index contributed by atoms with van der Waals surface area (Å²) in [6.45, 7) is 6.18. The number of hydrogen-bond acceptors (Lipinski definition) is 3. The summed E-state index contributed by atoms with van der Waals surface area (Å²) in [4.78, 5) is 2.48. The zero-order valence-corrected chi connectivity index (χ0v) is 13.1. The van der Waals surface area contributed by atoms with Crippen molar-refractivity contribution in [3.63, 3.8) is 0 Å². The first kappa shape index (κ1) is 15.0. The van der Waals surface area contributed by atoms with Gasteiger partial charge in [0.1, 0.15) is 0 Å². The largest absolute Gasteiger partial charge is 0.374 e. The molecule has 0 radical (unpaired) electrons. The molecule has 116 valence electrons. The molecule has 2 unspecified atom stereocenters. The number of nitrogens with two attached hydrogens (primary N) is 1. The van der Waals surface area contributed by atoms with E-state index in [-0.39, 0.29) is 12.1 Å². The van der Waals surface area contributed by atoms with Crippen LogP contribution in [-0.4, -0.2) is 37.2 Å². The Balaban J connectivity index is 1.67.